The van der Waals surface area contributed by atoms with E-state index < -0.39 is 5.60 Å². The Hall–Kier alpha value is -1.97. The van der Waals surface area contributed by atoms with E-state index in [2.05, 4.69) is 13.0 Å². The molecule has 1 aliphatic rings. The van der Waals surface area contributed by atoms with Crippen molar-refractivity contribution in [2.45, 2.75) is 39.7 Å². The maximum Gasteiger partial charge on any atom is 0.414 e. The second kappa shape index (κ2) is 6.42. The van der Waals surface area contributed by atoms with Crippen LogP contribution in [0.1, 0.15) is 39.7 Å². The average molecular weight is 303 g/mol. The van der Waals surface area contributed by atoms with Gasteiger partial charge in [0, 0.05) is 12.1 Å². The van der Waals surface area contributed by atoms with Crippen LogP contribution < -0.4 is 4.74 Å². The summed E-state index contributed by atoms with van der Waals surface area (Å²) in [5.74, 6) is 1.20. The minimum atomic E-state index is -0.503. The smallest absolute Gasteiger partial charge is 0.414 e. The molecule has 1 aliphatic heterocycles. The lowest BCUT2D eigenvalue weighted by Crippen LogP contribution is -2.39. The molecule has 0 unspecified atom stereocenters. The summed E-state index contributed by atoms with van der Waals surface area (Å²) >= 11 is 0. The van der Waals surface area contributed by atoms with E-state index in [9.17, 15) is 4.79 Å². The van der Waals surface area contributed by atoms with Crippen molar-refractivity contribution in [1.29, 1.82) is 0 Å². The summed E-state index contributed by atoms with van der Waals surface area (Å²) in [5.41, 5.74) is 1.36. The molecular formula is C18H25NO3. The molecule has 4 nitrogen and oxygen atoms in total. The molecular weight excluding hydrogens is 278 g/mol. The van der Waals surface area contributed by atoms with Gasteiger partial charge in [0.1, 0.15) is 11.4 Å². The Morgan fingerprint density at radius 3 is 2.68 bits per heavy atom. The van der Waals surface area contributed by atoms with Gasteiger partial charge in [-0.2, -0.15) is 0 Å². The zero-order chi connectivity index (χ0) is 16.3. The van der Waals surface area contributed by atoms with E-state index in [-0.39, 0.29) is 6.09 Å². The molecule has 1 heterocycles. The fourth-order valence-corrected chi connectivity index (χ4v) is 2.45. The lowest BCUT2D eigenvalue weighted by atomic mass is 9.98. The van der Waals surface area contributed by atoms with Crippen LogP contribution >= 0.6 is 0 Å². The van der Waals surface area contributed by atoms with Crippen LogP contribution in [0.15, 0.2) is 30.3 Å². The fraction of sp³-hybridized carbons (Fsp3) is 0.500. The molecule has 1 amide bonds. The zero-order valence-corrected chi connectivity index (χ0v) is 14.1. The summed E-state index contributed by atoms with van der Waals surface area (Å²) in [6, 6.07) is 7.76. The summed E-state index contributed by atoms with van der Waals surface area (Å²) < 4.78 is 10.8. The third-order valence-corrected chi connectivity index (χ3v) is 3.48. The molecule has 1 aromatic carbocycles. The van der Waals surface area contributed by atoms with Crippen molar-refractivity contribution in [3.05, 3.63) is 35.9 Å². The molecule has 0 aliphatic carbocycles. The van der Waals surface area contributed by atoms with Crippen LogP contribution in [0.3, 0.4) is 0 Å². The lowest BCUT2D eigenvalue weighted by molar-refractivity contribution is 0.0327. The number of hydrogen-bond acceptors (Lipinski definition) is 3. The molecule has 0 saturated carbocycles. The molecule has 4 heteroatoms. The van der Waals surface area contributed by atoms with Gasteiger partial charge >= 0.3 is 6.09 Å². The maximum absolute atomic E-state index is 12.5. The number of rotatable bonds is 2. The van der Waals surface area contributed by atoms with Crippen LogP contribution in [0.2, 0.25) is 0 Å². The number of ether oxygens (including phenoxy) is 2. The monoisotopic (exact) mass is 303 g/mol. The van der Waals surface area contributed by atoms with E-state index in [1.165, 1.54) is 0 Å². The quantitative estimate of drug-likeness (QED) is 0.817. The fourth-order valence-electron chi connectivity index (χ4n) is 2.45. The molecule has 0 saturated heterocycles. The Labute approximate surface area is 132 Å². The number of hydrogen-bond donors (Lipinski definition) is 0. The van der Waals surface area contributed by atoms with Crippen LogP contribution in [0.25, 0.3) is 5.70 Å². The molecule has 1 atom stereocenters. The molecule has 0 fully saturated rings. The van der Waals surface area contributed by atoms with Crippen LogP contribution in [0.4, 0.5) is 4.79 Å². The van der Waals surface area contributed by atoms with Crippen molar-refractivity contribution in [1.82, 2.24) is 4.90 Å². The zero-order valence-electron chi connectivity index (χ0n) is 14.1. The van der Waals surface area contributed by atoms with Crippen LogP contribution in [-0.2, 0) is 4.74 Å². The van der Waals surface area contributed by atoms with E-state index in [4.69, 9.17) is 9.47 Å². The van der Waals surface area contributed by atoms with Crippen molar-refractivity contribution in [2.75, 3.05) is 13.7 Å². The molecule has 22 heavy (non-hydrogen) atoms. The third kappa shape index (κ3) is 4.03. The SMILES string of the molecule is COc1cccc(C2=CC[C@H](C)CN2C(=O)OC(C)(C)C)c1. The standard InChI is InChI=1S/C18H25NO3/c1-13-9-10-16(14-7-6-8-15(11-14)21-5)19(12-13)17(20)22-18(2,3)4/h6-8,10-11,13H,9,12H2,1-5H3/t13-/m0/s1. The Morgan fingerprint density at radius 1 is 1.32 bits per heavy atom. The van der Waals surface area contributed by atoms with E-state index in [0.29, 0.717) is 12.5 Å². The topological polar surface area (TPSA) is 38.8 Å². The normalized spacial score (nSPS) is 18.7. The highest BCUT2D eigenvalue weighted by atomic mass is 16.6. The Bertz CT molecular complexity index is 572. The number of nitrogens with zero attached hydrogens (tertiary/aromatic N) is 1. The van der Waals surface area contributed by atoms with Crippen molar-refractivity contribution < 1.29 is 14.3 Å². The largest absolute Gasteiger partial charge is 0.497 e. The second-order valence-electron chi connectivity index (χ2n) is 6.75. The predicted molar refractivity (Wildman–Crippen MR) is 87.7 cm³/mol. The minimum absolute atomic E-state index is 0.298. The number of amides is 1. The average Bonchev–Trinajstić information content (AvgIpc) is 2.45. The summed E-state index contributed by atoms with van der Waals surface area (Å²) in [7, 11) is 1.64. The van der Waals surface area contributed by atoms with Crippen molar-refractivity contribution in [2.24, 2.45) is 5.92 Å². The molecule has 0 aromatic heterocycles. The van der Waals surface area contributed by atoms with Gasteiger partial charge < -0.3 is 9.47 Å². The number of methoxy groups -OCH3 is 1. The van der Waals surface area contributed by atoms with Gasteiger partial charge in [-0.25, -0.2) is 4.79 Å². The van der Waals surface area contributed by atoms with Crippen molar-refractivity contribution in [3.8, 4) is 5.75 Å². The van der Waals surface area contributed by atoms with E-state index in [0.717, 1.165) is 23.4 Å². The first-order chi connectivity index (χ1) is 10.3. The van der Waals surface area contributed by atoms with E-state index >= 15 is 0 Å². The summed E-state index contributed by atoms with van der Waals surface area (Å²) in [4.78, 5) is 14.3. The number of allylic oxidation sites excluding steroid dienone is 1. The van der Waals surface area contributed by atoms with Crippen LogP contribution in [0, 0.1) is 5.92 Å². The van der Waals surface area contributed by atoms with Crippen molar-refractivity contribution >= 4 is 11.8 Å². The van der Waals surface area contributed by atoms with Gasteiger partial charge in [0.25, 0.3) is 0 Å². The minimum Gasteiger partial charge on any atom is -0.497 e. The molecule has 0 spiro atoms. The highest BCUT2D eigenvalue weighted by Gasteiger charge is 2.29. The third-order valence-electron chi connectivity index (χ3n) is 3.48. The first kappa shape index (κ1) is 16.4. The van der Waals surface area contributed by atoms with Gasteiger partial charge in [0.2, 0.25) is 0 Å². The van der Waals surface area contributed by atoms with Crippen LogP contribution in [-0.4, -0.2) is 30.2 Å². The highest BCUT2D eigenvalue weighted by molar-refractivity contribution is 5.83. The summed E-state index contributed by atoms with van der Waals surface area (Å²) in [6.07, 6.45) is 2.76. The Kier molecular flexibility index (Phi) is 4.79. The van der Waals surface area contributed by atoms with E-state index in [1.807, 2.05) is 45.0 Å². The number of carbonyl (C=O) groups excluding carboxylic acids is 1. The molecule has 0 bridgehead atoms. The maximum atomic E-state index is 12.5. The van der Waals surface area contributed by atoms with Gasteiger partial charge in [-0.15, -0.1) is 0 Å². The number of benzene rings is 1. The lowest BCUT2D eigenvalue weighted by Gasteiger charge is -2.34. The molecule has 0 N–H and O–H groups in total. The first-order valence-electron chi connectivity index (χ1n) is 7.65. The number of carbonyl (C=O) groups is 1. The van der Waals surface area contributed by atoms with Gasteiger partial charge in [-0.05, 0) is 45.2 Å². The van der Waals surface area contributed by atoms with Gasteiger partial charge in [0.05, 0.1) is 12.8 Å². The first-order valence-corrected chi connectivity index (χ1v) is 7.65. The Balaban J connectivity index is 2.31. The van der Waals surface area contributed by atoms with Gasteiger partial charge in [-0.1, -0.05) is 25.1 Å². The van der Waals surface area contributed by atoms with Crippen LogP contribution in [0.5, 0.6) is 5.75 Å². The predicted octanol–water partition coefficient (Wildman–Crippen LogP) is 4.31. The highest BCUT2D eigenvalue weighted by Crippen LogP contribution is 2.30. The summed E-state index contributed by atoms with van der Waals surface area (Å²) in [6.45, 7) is 8.45. The Morgan fingerprint density at radius 2 is 2.05 bits per heavy atom. The molecule has 0 radical (unpaired) electrons. The summed E-state index contributed by atoms with van der Waals surface area (Å²) in [5, 5.41) is 0. The van der Waals surface area contributed by atoms with Crippen molar-refractivity contribution in [3.63, 3.8) is 0 Å². The second-order valence-corrected chi connectivity index (χ2v) is 6.75. The molecule has 1 aromatic rings. The molecule has 2 rings (SSSR count). The molecule has 120 valence electrons. The van der Waals surface area contributed by atoms with Gasteiger partial charge in [-0.3, -0.25) is 4.90 Å². The van der Waals surface area contributed by atoms with Gasteiger partial charge in [0.15, 0.2) is 0 Å². The van der Waals surface area contributed by atoms with E-state index in [1.54, 1.807) is 12.0 Å².